The summed E-state index contributed by atoms with van der Waals surface area (Å²) in [5, 5.41) is 1.82. The molecular formula is C25H25Cl2NO2. The number of benzene rings is 2. The summed E-state index contributed by atoms with van der Waals surface area (Å²) in [5.74, 6) is 0.132. The van der Waals surface area contributed by atoms with Crippen molar-refractivity contribution in [2.24, 2.45) is 11.3 Å². The largest absolute Gasteiger partial charge is 0.457 e. The van der Waals surface area contributed by atoms with Gasteiger partial charge in [-0.25, -0.2) is 4.79 Å². The first-order chi connectivity index (χ1) is 14.3. The van der Waals surface area contributed by atoms with E-state index in [0.29, 0.717) is 27.1 Å². The van der Waals surface area contributed by atoms with E-state index in [1.807, 2.05) is 24.3 Å². The van der Waals surface area contributed by atoms with Crippen LogP contribution in [0.4, 0.5) is 0 Å². The van der Waals surface area contributed by atoms with Crippen molar-refractivity contribution in [2.75, 3.05) is 0 Å². The molecule has 2 aromatic carbocycles. The van der Waals surface area contributed by atoms with E-state index in [1.165, 1.54) is 0 Å². The minimum Gasteiger partial charge on any atom is -0.457 e. The van der Waals surface area contributed by atoms with Gasteiger partial charge in [0, 0.05) is 26.7 Å². The van der Waals surface area contributed by atoms with Gasteiger partial charge in [-0.2, -0.15) is 0 Å². The van der Waals surface area contributed by atoms with Gasteiger partial charge in [-0.1, -0.05) is 68.2 Å². The molecular weight excluding hydrogens is 417 g/mol. The maximum atomic E-state index is 13.3. The first kappa shape index (κ1) is 21.1. The summed E-state index contributed by atoms with van der Waals surface area (Å²) in [4.78, 5) is 18.2. The number of esters is 1. The zero-order valence-electron chi connectivity index (χ0n) is 17.5. The summed E-state index contributed by atoms with van der Waals surface area (Å²) >= 11 is 12.5. The van der Waals surface area contributed by atoms with Crippen molar-refractivity contribution in [3.8, 4) is 0 Å². The molecule has 1 unspecified atom stereocenters. The third-order valence-corrected chi connectivity index (χ3v) is 6.81. The molecule has 1 aliphatic carbocycles. The first-order valence-electron chi connectivity index (χ1n) is 10.3. The van der Waals surface area contributed by atoms with E-state index in [1.54, 1.807) is 18.2 Å². The zero-order valence-corrected chi connectivity index (χ0v) is 19.0. The second-order valence-electron chi connectivity index (χ2n) is 9.01. The monoisotopic (exact) mass is 441 g/mol. The topological polar surface area (TPSA) is 39.2 Å². The average molecular weight is 442 g/mol. The van der Waals surface area contributed by atoms with Crippen LogP contribution in [0, 0.1) is 11.3 Å². The Bertz CT molecular complexity index is 1100. The summed E-state index contributed by atoms with van der Waals surface area (Å²) in [6.45, 7) is 6.81. The van der Waals surface area contributed by atoms with E-state index in [9.17, 15) is 4.79 Å². The van der Waals surface area contributed by atoms with Gasteiger partial charge in [-0.05, 0) is 54.4 Å². The maximum absolute atomic E-state index is 13.3. The zero-order chi connectivity index (χ0) is 21.5. The fourth-order valence-corrected chi connectivity index (χ4v) is 4.75. The molecule has 0 spiro atoms. The second kappa shape index (κ2) is 8.20. The second-order valence-corrected chi connectivity index (χ2v) is 9.83. The van der Waals surface area contributed by atoms with Crippen LogP contribution in [-0.4, -0.2) is 11.0 Å². The fraction of sp³-hybridized carbons (Fsp3) is 0.360. The molecule has 0 radical (unpaired) electrons. The highest BCUT2D eigenvalue weighted by molar-refractivity contribution is 6.36. The van der Waals surface area contributed by atoms with Crippen molar-refractivity contribution in [3.05, 3.63) is 74.9 Å². The van der Waals surface area contributed by atoms with Gasteiger partial charge in [0.1, 0.15) is 6.61 Å². The minimum absolute atomic E-state index is 0.0332. The van der Waals surface area contributed by atoms with Gasteiger partial charge >= 0.3 is 5.97 Å². The molecule has 0 N–H and O–H groups in total. The van der Waals surface area contributed by atoms with Gasteiger partial charge < -0.3 is 4.74 Å². The van der Waals surface area contributed by atoms with E-state index in [-0.39, 0.29) is 18.0 Å². The third-order valence-electron chi connectivity index (χ3n) is 6.10. The molecule has 1 aliphatic rings. The van der Waals surface area contributed by atoms with Gasteiger partial charge in [0.05, 0.1) is 11.1 Å². The number of fused-ring (bicyclic) bond motifs is 2. The van der Waals surface area contributed by atoms with E-state index in [0.717, 1.165) is 41.4 Å². The number of carbonyl (C=O) groups is 1. The van der Waals surface area contributed by atoms with Gasteiger partial charge in [0.15, 0.2) is 0 Å². The number of ether oxygens (including phenoxy) is 1. The van der Waals surface area contributed by atoms with Gasteiger partial charge in [-0.15, -0.1) is 0 Å². The Kier molecular flexibility index (Phi) is 5.78. The minimum atomic E-state index is -0.351. The smallest absolute Gasteiger partial charge is 0.339 e. The van der Waals surface area contributed by atoms with Gasteiger partial charge in [0.2, 0.25) is 0 Å². The van der Waals surface area contributed by atoms with Crippen LogP contribution in [0.1, 0.15) is 54.4 Å². The molecule has 1 aromatic heterocycles. The number of hydrogen-bond donors (Lipinski definition) is 0. The number of pyridine rings is 1. The Balaban J connectivity index is 1.74. The number of nitrogens with zero attached hydrogens (tertiary/aromatic N) is 1. The average Bonchev–Trinajstić information content (AvgIpc) is 2.70. The highest BCUT2D eigenvalue weighted by Gasteiger charge is 2.33. The van der Waals surface area contributed by atoms with Crippen LogP contribution in [-0.2, 0) is 24.2 Å². The van der Waals surface area contributed by atoms with Crippen LogP contribution in [0.15, 0.2) is 42.5 Å². The molecule has 0 fully saturated rings. The number of halogens is 2. The van der Waals surface area contributed by atoms with Crippen molar-refractivity contribution in [2.45, 2.75) is 46.6 Å². The molecule has 0 saturated heterocycles. The van der Waals surface area contributed by atoms with Crippen LogP contribution in [0.5, 0.6) is 0 Å². The molecule has 1 atom stereocenters. The van der Waals surface area contributed by atoms with E-state index in [4.69, 9.17) is 32.9 Å². The van der Waals surface area contributed by atoms with Crippen molar-refractivity contribution < 1.29 is 9.53 Å². The van der Waals surface area contributed by atoms with Gasteiger partial charge in [0.25, 0.3) is 0 Å². The standard InChI is InChI=1S/C25H25Cl2NO2/c1-25(2,3)15-11-12-22-17(13-15)23(16-7-4-5-10-21(16)28-22)24(29)30-14-18-19(26)8-6-9-20(18)27/h4-10,15H,11-14H2,1-3H3. The Morgan fingerprint density at radius 1 is 1.10 bits per heavy atom. The summed E-state index contributed by atoms with van der Waals surface area (Å²) in [6.07, 6.45) is 2.78. The molecule has 5 heteroatoms. The van der Waals surface area contributed by atoms with Crippen LogP contribution in [0.25, 0.3) is 10.9 Å². The number of hydrogen-bond acceptors (Lipinski definition) is 3. The quantitative estimate of drug-likeness (QED) is 0.408. The Labute approximate surface area is 187 Å². The summed E-state index contributed by atoms with van der Waals surface area (Å²) in [5.41, 5.74) is 4.28. The van der Waals surface area contributed by atoms with E-state index in [2.05, 4.69) is 20.8 Å². The summed E-state index contributed by atoms with van der Waals surface area (Å²) < 4.78 is 5.74. The van der Waals surface area contributed by atoms with Crippen LogP contribution >= 0.6 is 23.2 Å². The van der Waals surface area contributed by atoms with Crippen LogP contribution in [0.3, 0.4) is 0 Å². The van der Waals surface area contributed by atoms with Crippen LogP contribution in [0.2, 0.25) is 10.0 Å². The third kappa shape index (κ3) is 4.06. The molecule has 156 valence electrons. The Morgan fingerprint density at radius 3 is 2.50 bits per heavy atom. The molecule has 3 nitrogen and oxygen atoms in total. The van der Waals surface area contributed by atoms with Crippen molar-refractivity contribution >= 4 is 40.1 Å². The van der Waals surface area contributed by atoms with Crippen molar-refractivity contribution in [1.29, 1.82) is 0 Å². The summed E-state index contributed by atoms with van der Waals surface area (Å²) in [6, 6.07) is 13.0. The van der Waals surface area contributed by atoms with Crippen molar-refractivity contribution in [1.82, 2.24) is 4.98 Å². The lowest BCUT2D eigenvalue weighted by Crippen LogP contribution is -2.29. The lowest BCUT2D eigenvalue weighted by Gasteiger charge is -2.35. The first-order valence-corrected chi connectivity index (χ1v) is 11.0. The SMILES string of the molecule is CC(C)(C)C1CCc2nc3ccccc3c(C(=O)OCc3c(Cl)cccc3Cl)c2C1. The number of aryl methyl sites for hydroxylation is 1. The van der Waals surface area contributed by atoms with E-state index >= 15 is 0 Å². The number of aromatic nitrogens is 1. The predicted molar refractivity (Wildman–Crippen MR) is 122 cm³/mol. The molecule has 1 heterocycles. The van der Waals surface area contributed by atoms with Crippen LogP contribution < -0.4 is 0 Å². The number of rotatable bonds is 3. The molecule has 0 aliphatic heterocycles. The lowest BCUT2D eigenvalue weighted by molar-refractivity contribution is 0.0472. The molecule has 0 saturated carbocycles. The highest BCUT2D eigenvalue weighted by atomic mass is 35.5. The molecule has 0 amide bonds. The molecule has 4 rings (SSSR count). The number of carbonyl (C=O) groups excluding carboxylic acids is 1. The maximum Gasteiger partial charge on any atom is 0.339 e. The predicted octanol–water partition coefficient (Wildman–Crippen LogP) is 7.05. The van der Waals surface area contributed by atoms with E-state index < -0.39 is 0 Å². The fourth-order valence-electron chi connectivity index (χ4n) is 4.24. The normalized spacial score (nSPS) is 16.4. The molecule has 30 heavy (non-hydrogen) atoms. The molecule has 3 aromatic rings. The van der Waals surface area contributed by atoms with Gasteiger partial charge in [-0.3, -0.25) is 4.98 Å². The Morgan fingerprint density at radius 2 is 1.80 bits per heavy atom. The summed E-state index contributed by atoms with van der Waals surface area (Å²) in [7, 11) is 0. The Hall–Kier alpha value is -2.10. The lowest BCUT2D eigenvalue weighted by atomic mass is 9.70. The molecule has 0 bridgehead atoms. The highest BCUT2D eigenvalue weighted by Crippen LogP contribution is 2.39. The number of para-hydroxylation sites is 1. The van der Waals surface area contributed by atoms with Crippen molar-refractivity contribution in [3.63, 3.8) is 0 Å².